The first-order chi connectivity index (χ1) is 13.8. The number of carbonyl (C=O) groups is 2. The number of hydrogen-bond donors (Lipinski definition) is 1. The Morgan fingerprint density at radius 1 is 1.00 bits per heavy atom. The number of carbonyl (C=O) groups excluding carboxylic acids is 2. The van der Waals surface area contributed by atoms with Crippen LogP contribution in [-0.4, -0.2) is 46.9 Å². The molecule has 0 saturated heterocycles. The highest BCUT2D eigenvalue weighted by atomic mass is 32.2. The van der Waals surface area contributed by atoms with Gasteiger partial charge in [-0.25, -0.2) is 13.2 Å². The Kier molecular flexibility index (Phi) is 7.60. The highest BCUT2D eigenvalue weighted by molar-refractivity contribution is 7.91. The number of methoxy groups -OCH3 is 2. The maximum atomic E-state index is 12.3. The molecule has 2 aromatic rings. The van der Waals surface area contributed by atoms with Gasteiger partial charge in [-0.05, 0) is 29.8 Å². The van der Waals surface area contributed by atoms with Gasteiger partial charge in [0.15, 0.2) is 27.9 Å². The highest BCUT2D eigenvalue weighted by Gasteiger charge is 2.22. The van der Waals surface area contributed by atoms with Gasteiger partial charge in [0, 0.05) is 6.54 Å². The largest absolute Gasteiger partial charge is 0.493 e. The lowest BCUT2D eigenvalue weighted by atomic mass is 10.2. The predicted molar refractivity (Wildman–Crippen MR) is 106 cm³/mol. The van der Waals surface area contributed by atoms with Crippen molar-refractivity contribution < 1.29 is 32.2 Å². The molecule has 0 aromatic heterocycles. The minimum atomic E-state index is -3.59. The van der Waals surface area contributed by atoms with Crippen LogP contribution in [0, 0.1) is 0 Å². The van der Waals surface area contributed by atoms with E-state index >= 15 is 0 Å². The fourth-order valence-corrected chi connectivity index (χ4v) is 3.60. The normalized spacial score (nSPS) is 10.9. The predicted octanol–water partition coefficient (Wildman–Crippen LogP) is 1.97. The van der Waals surface area contributed by atoms with E-state index in [1.165, 1.54) is 45.4 Å². The maximum absolute atomic E-state index is 12.3. The van der Waals surface area contributed by atoms with E-state index in [0.717, 1.165) is 5.56 Å². The number of rotatable bonds is 9. The first-order valence-electron chi connectivity index (χ1n) is 8.79. The minimum absolute atomic E-state index is 0.0953. The Hall–Kier alpha value is -3.07. The topological polar surface area (TPSA) is 108 Å². The van der Waals surface area contributed by atoms with Gasteiger partial charge in [0.05, 0.1) is 30.4 Å². The summed E-state index contributed by atoms with van der Waals surface area (Å²) in [7, 11) is -0.559. The maximum Gasteiger partial charge on any atom is 0.339 e. The van der Waals surface area contributed by atoms with Crippen LogP contribution in [0.5, 0.6) is 11.5 Å². The van der Waals surface area contributed by atoms with Crippen molar-refractivity contribution in [3.8, 4) is 11.5 Å². The molecule has 0 bridgehead atoms. The van der Waals surface area contributed by atoms with Crippen molar-refractivity contribution in [1.82, 2.24) is 5.32 Å². The van der Waals surface area contributed by atoms with Crippen molar-refractivity contribution in [2.75, 3.05) is 26.6 Å². The van der Waals surface area contributed by atoms with Gasteiger partial charge in [-0.3, -0.25) is 4.79 Å². The van der Waals surface area contributed by atoms with E-state index in [2.05, 4.69) is 5.32 Å². The van der Waals surface area contributed by atoms with E-state index in [9.17, 15) is 18.0 Å². The lowest BCUT2D eigenvalue weighted by Gasteiger charge is -2.11. The van der Waals surface area contributed by atoms with E-state index < -0.39 is 28.3 Å². The summed E-state index contributed by atoms with van der Waals surface area (Å²) in [6.45, 7) is 1.14. The zero-order chi connectivity index (χ0) is 21.4. The molecule has 0 spiro atoms. The number of benzene rings is 2. The second-order valence-electron chi connectivity index (χ2n) is 5.94. The van der Waals surface area contributed by atoms with Crippen LogP contribution < -0.4 is 14.8 Å². The van der Waals surface area contributed by atoms with Gasteiger partial charge in [0.2, 0.25) is 0 Å². The molecule has 0 unspecified atom stereocenters. The summed E-state index contributed by atoms with van der Waals surface area (Å²) < 4.78 is 39.6. The molecule has 8 nitrogen and oxygen atoms in total. The zero-order valence-electron chi connectivity index (χ0n) is 16.4. The third-order valence-electron chi connectivity index (χ3n) is 4.09. The molecular weight excluding hydrogens is 398 g/mol. The van der Waals surface area contributed by atoms with Gasteiger partial charge in [-0.1, -0.05) is 25.1 Å². The standard InChI is InChI=1S/C20H23NO7S/c1-4-29(24,25)18-8-6-5-7-15(18)20(23)28-13-19(22)21-12-14-9-10-16(26-2)17(11-14)27-3/h5-11H,4,12-13H2,1-3H3,(H,21,22). The quantitative estimate of drug-likeness (QED) is 0.617. The van der Waals surface area contributed by atoms with Crippen molar-refractivity contribution in [2.45, 2.75) is 18.4 Å². The third kappa shape index (κ3) is 5.71. The second kappa shape index (κ2) is 9.92. The Balaban J connectivity index is 1.96. The number of nitrogens with one attached hydrogen (secondary N) is 1. The Morgan fingerprint density at radius 3 is 2.34 bits per heavy atom. The zero-order valence-corrected chi connectivity index (χ0v) is 17.2. The summed E-state index contributed by atoms with van der Waals surface area (Å²) >= 11 is 0. The van der Waals surface area contributed by atoms with E-state index in [1.54, 1.807) is 18.2 Å². The molecule has 0 heterocycles. The molecule has 0 aliphatic carbocycles. The first-order valence-corrected chi connectivity index (χ1v) is 10.4. The van der Waals surface area contributed by atoms with Crippen molar-refractivity contribution in [3.05, 3.63) is 53.6 Å². The van der Waals surface area contributed by atoms with Crippen LogP contribution in [0.15, 0.2) is 47.4 Å². The van der Waals surface area contributed by atoms with Gasteiger partial charge < -0.3 is 19.5 Å². The molecule has 0 fully saturated rings. The van der Waals surface area contributed by atoms with Crippen LogP contribution in [0.1, 0.15) is 22.8 Å². The number of amides is 1. The summed E-state index contributed by atoms with van der Waals surface area (Å²) in [5, 5.41) is 2.62. The molecule has 2 aromatic carbocycles. The molecule has 0 atom stereocenters. The number of ether oxygens (including phenoxy) is 3. The smallest absolute Gasteiger partial charge is 0.339 e. The molecular formula is C20H23NO7S. The Morgan fingerprint density at radius 2 is 1.69 bits per heavy atom. The van der Waals surface area contributed by atoms with E-state index in [4.69, 9.17) is 14.2 Å². The van der Waals surface area contributed by atoms with Gasteiger partial charge >= 0.3 is 5.97 Å². The van der Waals surface area contributed by atoms with E-state index in [1.807, 2.05) is 0 Å². The molecule has 9 heteroatoms. The molecule has 156 valence electrons. The molecule has 0 radical (unpaired) electrons. The Labute approximate surface area is 169 Å². The second-order valence-corrected chi connectivity index (χ2v) is 8.19. The van der Waals surface area contributed by atoms with Crippen LogP contribution in [0.3, 0.4) is 0 Å². The third-order valence-corrected chi connectivity index (χ3v) is 5.88. The minimum Gasteiger partial charge on any atom is -0.493 e. The molecule has 0 aliphatic rings. The number of hydrogen-bond acceptors (Lipinski definition) is 7. The molecule has 2 rings (SSSR count). The summed E-state index contributed by atoms with van der Waals surface area (Å²) in [6.07, 6.45) is 0. The molecule has 0 saturated carbocycles. The van der Waals surface area contributed by atoms with E-state index in [0.29, 0.717) is 11.5 Å². The molecule has 1 amide bonds. The van der Waals surface area contributed by atoms with Crippen LogP contribution in [-0.2, 0) is 25.9 Å². The van der Waals surface area contributed by atoms with Crippen molar-refractivity contribution in [3.63, 3.8) is 0 Å². The molecule has 1 N–H and O–H groups in total. The lowest BCUT2D eigenvalue weighted by molar-refractivity contribution is -0.124. The van der Waals surface area contributed by atoms with Crippen molar-refractivity contribution in [1.29, 1.82) is 0 Å². The van der Waals surface area contributed by atoms with Crippen LogP contribution in [0.4, 0.5) is 0 Å². The summed E-state index contributed by atoms with van der Waals surface area (Å²) in [6, 6.07) is 10.9. The first kappa shape index (κ1) is 22.2. The van der Waals surface area contributed by atoms with Crippen molar-refractivity contribution >= 4 is 21.7 Å². The summed E-state index contributed by atoms with van der Waals surface area (Å²) in [4.78, 5) is 24.2. The van der Waals surface area contributed by atoms with Gasteiger partial charge in [-0.15, -0.1) is 0 Å². The van der Waals surface area contributed by atoms with E-state index in [-0.39, 0.29) is 22.8 Å². The van der Waals surface area contributed by atoms with Gasteiger partial charge in [-0.2, -0.15) is 0 Å². The number of sulfone groups is 1. The molecule has 29 heavy (non-hydrogen) atoms. The Bertz CT molecular complexity index is 986. The number of esters is 1. The van der Waals surface area contributed by atoms with Crippen molar-refractivity contribution in [2.24, 2.45) is 0 Å². The van der Waals surface area contributed by atoms with Gasteiger partial charge in [0.25, 0.3) is 5.91 Å². The highest BCUT2D eigenvalue weighted by Crippen LogP contribution is 2.27. The van der Waals surface area contributed by atoms with Crippen LogP contribution in [0.25, 0.3) is 0 Å². The lowest BCUT2D eigenvalue weighted by Crippen LogP contribution is -2.28. The SMILES string of the molecule is CCS(=O)(=O)c1ccccc1C(=O)OCC(=O)NCc1ccc(OC)c(OC)c1. The summed E-state index contributed by atoms with van der Waals surface area (Å²) in [5.74, 6) is -0.456. The molecule has 0 aliphatic heterocycles. The fourth-order valence-electron chi connectivity index (χ4n) is 2.51. The van der Waals surface area contributed by atoms with Crippen LogP contribution in [0.2, 0.25) is 0 Å². The monoisotopic (exact) mass is 421 g/mol. The average molecular weight is 421 g/mol. The average Bonchev–Trinajstić information content (AvgIpc) is 2.75. The summed E-state index contributed by atoms with van der Waals surface area (Å²) in [5.41, 5.74) is 0.670. The van der Waals surface area contributed by atoms with Gasteiger partial charge in [0.1, 0.15) is 0 Å². The van der Waals surface area contributed by atoms with Crippen LogP contribution >= 0.6 is 0 Å². The fraction of sp³-hybridized carbons (Fsp3) is 0.300.